The molecule has 21 heavy (non-hydrogen) atoms. The van der Waals surface area contributed by atoms with Crippen LogP contribution >= 0.6 is 0 Å². The molecule has 0 aliphatic carbocycles. The van der Waals surface area contributed by atoms with Gasteiger partial charge in [0.25, 0.3) is 0 Å². The van der Waals surface area contributed by atoms with Gasteiger partial charge in [0.15, 0.2) is 0 Å². The Hall–Kier alpha value is -2.01. The van der Waals surface area contributed by atoms with E-state index in [4.69, 9.17) is 11.5 Å². The fourth-order valence-electron chi connectivity index (χ4n) is 2.33. The Labute approximate surface area is 125 Å². The number of rotatable bonds is 2. The van der Waals surface area contributed by atoms with Crippen molar-refractivity contribution in [3.63, 3.8) is 0 Å². The molecule has 112 valence electrons. The Morgan fingerprint density at radius 3 is 1.33 bits per heavy atom. The number of hydrogen-bond acceptors (Lipinski definition) is 4. The van der Waals surface area contributed by atoms with E-state index in [2.05, 4.69) is 0 Å². The van der Waals surface area contributed by atoms with Gasteiger partial charge in [0.1, 0.15) is 0 Å². The molecule has 4 N–H and O–H groups in total. The molecule has 0 amide bonds. The van der Waals surface area contributed by atoms with Gasteiger partial charge < -0.3 is 11.5 Å². The highest BCUT2D eigenvalue weighted by Gasteiger charge is 2.24. The van der Waals surface area contributed by atoms with E-state index in [9.17, 15) is 8.42 Å². The largest absolute Gasteiger partial charge is 0.399 e. The molecule has 0 spiro atoms. The van der Waals surface area contributed by atoms with Gasteiger partial charge in [0.2, 0.25) is 9.84 Å². The summed E-state index contributed by atoms with van der Waals surface area (Å²) in [6.07, 6.45) is 0. The van der Waals surface area contributed by atoms with Gasteiger partial charge in [-0.1, -0.05) is 0 Å². The standard InChI is InChI=1S/C16H20N2O2S/c1-9-11(3)15(7-5-13(9)17)21(19,20)16-8-6-14(18)10(2)12(16)4/h5-8H,17-18H2,1-4H3. The van der Waals surface area contributed by atoms with Crippen molar-refractivity contribution in [3.05, 3.63) is 46.5 Å². The van der Waals surface area contributed by atoms with Gasteiger partial charge in [0, 0.05) is 11.4 Å². The predicted octanol–water partition coefficient (Wildman–Crippen LogP) is 2.92. The molecule has 0 unspecified atom stereocenters. The van der Waals surface area contributed by atoms with Crippen molar-refractivity contribution in [2.45, 2.75) is 37.5 Å². The van der Waals surface area contributed by atoms with Gasteiger partial charge in [0.05, 0.1) is 9.79 Å². The molecule has 2 aromatic rings. The first-order valence-electron chi connectivity index (χ1n) is 6.64. The maximum Gasteiger partial charge on any atom is 0.207 e. The van der Waals surface area contributed by atoms with Crippen LogP contribution in [0.1, 0.15) is 22.3 Å². The zero-order valence-electron chi connectivity index (χ0n) is 12.7. The summed E-state index contributed by atoms with van der Waals surface area (Å²) in [6, 6.07) is 6.40. The number of nitrogen functional groups attached to an aromatic ring is 2. The third-order valence-electron chi connectivity index (χ3n) is 4.14. The minimum absolute atomic E-state index is 0.293. The van der Waals surface area contributed by atoms with Gasteiger partial charge in [-0.15, -0.1) is 0 Å². The van der Waals surface area contributed by atoms with E-state index in [0.29, 0.717) is 32.3 Å². The highest BCUT2D eigenvalue weighted by atomic mass is 32.2. The van der Waals surface area contributed by atoms with Crippen molar-refractivity contribution < 1.29 is 8.42 Å². The van der Waals surface area contributed by atoms with Crippen LogP contribution < -0.4 is 11.5 Å². The number of benzene rings is 2. The van der Waals surface area contributed by atoms with Crippen molar-refractivity contribution >= 4 is 21.2 Å². The molecule has 0 heterocycles. The van der Waals surface area contributed by atoms with Gasteiger partial charge in [-0.25, -0.2) is 8.42 Å². The number of anilines is 2. The van der Waals surface area contributed by atoms with Crippen molar-refractivity contribution in [2.24, 2.45) is 0 Å². The molecule has 2 aromatic carbocycles. The first-order valence-corrected chi connectivity index (χ1v) is 8.12. The molecular formula is C16H20N2O2S. The summed E-state index contributed by atoms with van der Waals surface area (Å²) in [4.78, 5) is 0.586. The molecule has 0 atom stereocenters. The first kappa shape index (κ1) is 15.4. The molecule has 0 aliphatic heterocycles. The van der Waals surface area contributed by atoms with Gasteiger partial charge in [-0.2, -0.15) is 0 Å². The molecule has 0 saturated heterocycles. The quantitative estimate of drug-likeness (QED) is 0.835. The lowest BCUT2D eigenvalue weighted by Gasteiger charge is -2.15. The Morgan fingerprint density at radius 1 is 0.667 bits per heavy atom. The summed E-state index contributed by atoms with van der Waals surface area (Å²) in [5, 5.41) is 0. The summed E-state index contributed by atoms with van der Waals surface area (Å²) < 4.78 is 25.8. The van der Waals surface area contributed by atoms with Crippen molar-refractivity contribution in [1.29, 1.82) is 0 Å². The summed E-state index contributed by atoms with van der Waals surface area (Å²) in [6.45, 7) is 7.20. The Morgan fingerprint density at radius 2 is 1.00 bits per heavy atom. The molecule has 0 aliphatic rings. The van der Waals surface area contributed by atoms with Crippen LogP contribution in [0.2, 0.25) is 0 Å². The molecule has 5 heteroatoms. The molecular weight excluding hydrogens is 284 g/mol. The first-order chi connectivity index (χ1) is 9.67. The number of hydrogen-bond donors (Lipinski definition) is 2. The van der Waals surface area contributed by atoms with Gasteiger partial charge >= 0.3 is 0 Å². The Balaban J connectivity index is 2.75. The van der Waals surface area contributed by atoms with E-state index in [0.717, 1.165) is 11.1 Å². The van der Waals surface area contributed by atoms with Crippen LogP contribution in [0, 0.1) is 27.7 Å². The minimum atomic E-state index is -3.59. The summed E-state index contributed by atoms with van der Waals surface area (Å²) in [5.41, 5.74) is 15.8. The van der Waals surface area contributed by atoms with E-state index < -0.39 is 9.84 Å². The lowest BCUT2D eigenvalue weighted by molar-refractivity contribution is 0.594. The Kier molecular flexibility index (Phi) is 3.72. The predicted molar refractivity (Wildman–Crippen MR) is 86.1 cm³/mol. The maximum atomic E-state index is 12.9. The Bertz CT molecular complexity index is 761. The fraction of sp³-hybridized carbons (Fsp3) is 0.250. The molecule has 0 bridgehead atoms. The zero-order chi connectivity index (χ0) is 15.9. The number of sulfone groups is 1. The van der Waals surface area contributed by atoms with Gasteiger partial charge in [-0.3, -0.25) is 0 Å². The average molecular weight is 304 g/mol. The van der Waals surface area contributed by atoms with E-state index in [1.54, 1.807) is 38.1 Å². The molecule has 0 aromatic heterocycles. The monoisotopic (exact) mass is 304 g/mol. The van der Waals surface area contributed by atoms with Crippen LogP contribution in [-0.4, -0.2) is 8.42 Å². The van der Waals surface area contributed by atoms with Crippen LogP contribution in [0.15, 0.2) is 34.1 Å². The van der Waals surface area contributed by atoms with Crippen LogP contribution in [0.5, 0.6) is 0 Å². The van der Waals surface area contributed by atoms with Crippen LogP contribution in [-0.2, 0) is 9.84 Å². The third-order valence-corrected chi connectivity index (χ3v) is 6.18. The highest BCUT2D eigenvalue weighted by Crippen LogP contribution is 2.32. The molecule has 0 fully saturated rings. The van der Waals surface area contributed by atoms with Crippen molar-refractivity contribution in [1.82, 2.24) is 0 Å². The second-order valence-corrected chi connectivity index (χ2v) is 7.20. The number of nitrogens with two attached hydrogens (primary N) is 2. The molecule has 4 nitrogen and oxygen atoms in total. The third kappa shape index (κ3) is 2.38. The van der Waals surface area contributed by atoms with E-state index in [1.807, 2.05) is 13.8 Å². The second-order valence-electron chi connectivity index (χ2n) is 5.31. The SMILES string of the molecule is Cc1c(N)ccc(S(=O)(=O)c2ccc(N)c(C)c2C)c1C. The molecule has 0 radical (unpaired) electrons. The van der Waals surface area contributed by atoms with Crippen LogP contribution in [0.3, 0.4) is 0 Å². The van der Waals surface area contributed by atoms with Crippen molar-refractivity contribution in [3.8, 4) is 0 Å². The summed E-state index contributed by atoms with van der Waals surface area (Å²) in [7, 11) is -3.59. The zero-order valence-corrected chi connectivity index (χ0v) is 13.5. The van der Waals surface area contributed by atoms with Crippen molar-refractivity contribution in [2.75, 3.05) is 11.5 Å². The van der Waals surface area contributed by atoms with Crippen LogP contribution in [0.4, 0.5) is 11.4 Å². The molecule has 0 saturated carbocycles. The summed E-state index contributed by atoms with van der Waals surface area (Å²) in [5.74, 6) is 0. The minimum Gasteiger partial charge on any atom is -0.399 e. The maximum absolute atomic E-state index is 12.9. The topological polar surface area (TPSA) is 86.2 Å². The lowest BCUT2D eigenvalue weighted by atomic mass is 10.1. The second kappa shape index (κ2) is 5.07. The summed E-state index contributed by atoms with van der Waals surface area (Å²) >= 11 is 0. The normalized spacial score (nSPS) is 11.6. The van der Waals surface area contributed by atoms with Crippen LogP contribution in [0.25, 0.3) is 0 Å². The average Bonchev–Trinajstić information content (AvgIpc) is 2.41. The van der Waals surface area contributed by atoms with Gasteiger partial charge in [-0.05, 0) is 74.2 Å². The lowest BCUT2D eigenvalue weighted by Crippen LogP contribution is -2.09. The fourth-order valence-corrected chi connectivity index (χ4v) is 4.18. The van der Waals surface area contributed by atoms with E-state index >= 15 is 0 Å². The molecule has 2 rings (SSSR count). The van der Waals surface area contributed by atoms with E-state index in [1.165, 1.54) is 0 Å². The van der Waals surface area contributed by atoms with E-state index in [-0.39, 0.29) is 0 Å². The highest BCUT2D eigenvalue weighted by molar-refractivity contribution is 7.91. The smallest absolute Gasteiger partial charge is 0.207 e.